The van der Waals surface area contributed by atoms with Gasteiger partial charge in [0.15, 0.2) is 0 Å². The van der Waals surface area contributed by atoms with Crippen LogP contribution in [0.1, 0.15) is 19.8 Å². The highest BCUT2D eigenvalue weighted by atomic mass is 16.5. The Morgan fingerprint density at radius 1 is 1.20 bits per heavy atom. The molecule has 7 heteroatoms. The second kappa shape index (κ2) is 9.15. The van der Waals surface area contributed by atoms with Crippen LogP contribution in [0.2, 0.25) is 0 Å². The van der Waals surface area contributed by atoms with Crippen LogP contribution >= 0.6 is 0 Å². The number of nitrogens with one attached hydrogen (secondary N) is 1. The van der Waals surface area contributed by atoms with Gasteiger partial charge in [0, 0.05) is 19.2 Å². The second-order valence-electron chi connectivity index (χ2n) is 5.83. The molecule has 0 bridgehead atoms. The largest absolute Gasteiger partial charge is 0.497 e. The zero-order valence-electron chi connectivity index (χ0n) is 15.0. The summed E-state index contributed by atoms with van der Waals surface area (Å²) in [4.78, 5) is 25.9. The summed E-state index contributed by atoms with van der Waals surface area (Å²) in [5, 5.41) is 3.10. The number of esters is 1. The van der Waals surface area contributed by atoms with Gasteiger partial charge in [0.25, 0.3) is 0 Å². The van der Waals surface area contributed by atoms with Crippen LogP contribution in [0.15, 0.2) is 18.2 Å². The van der Waals surface area contributed by atoms with Crippen molar-refractivity contribution in [2.75, 3.05) is 45.8 Å². The Morgan fingerprint density at radius 2 is 1.92 bits per heavy atom. The van der Waals surface area contributed by atoms with Crippen molar-refractivity contribution in [1.29, 1.82) is 0 Å². The minimum Gasteiger partial charge on any atom is -0.497 e. The number of benzene rings is 1. The molecule has 0 atom stereocenters. The van der Waals surface area contributed by atoms with Crippen LogP contribution in [0.4, 0.5) is 5.69 Å². The Morgan fingerprint density at radius 3 is 2.52 bits per heavy atom. The summed E-state index contributed by atoms with van der Waals surface area (Å²) in [5.41, 5.74) is 0.705. The standard InChI is InChI=1S/C18H26N2O5/c1-4-25-18(22)13-7-9-20(10-8-13)17(21)12-19-15-11-14(23-2)5-6-16(15)24-3/h5-6,11,13,19H,4,7-10,12H2,1-3H3. The Balaban J connectivity index is 1.86. The summed E-state index contributed by atoms with van der Waals surface area (Å²) in [5.74, 6) is 1.07. The summed E-state index contributed by atoms with van der Waals surface area (Å²) >= 11 is 0. The number of hydrogen-bond donors (Lipinski definition) is 1. The molecular weight excluding hydrogens is 324 g/mol. The SMILES string of the molecule is CCOC(=O)C1CCN(C(=O)CNc2cc(OC)ccc2OC)CC1. The van der Waals surface area contributed by atoms with E-state index in [1.54, 1.807) is 44.2 Å². The summed E-state index contributed by atoms with van der Waals surface area (Å²) in [6.07, 6.45) is 1.29. The maximum Gasteiger partial charge on any atom is 0.309 e. The predicted octanol–water partition coefficient (Wildman–Crippen LogP) is 1.92. The molecule has 1 aromatic rings. The van der Waals surface area contributed by atoms with E-state index < -0.39 is 0 Å². The number of amides is 1. The minimum atomic E-state index is -0.158. The van der Waals surface area contributed by atoms with Crippen molar-refractivity contribution >= 4 is 17.6 Å². The normalized spacial score (nSPS) is 14.8. The second-order valence-corrected chi connectivity index (χ2v) is 5.83. The number of likely N-dealkylation sites (tertiary alicyclic amines) is 1. The number of anilines is 1. The number of hydrogen-bond acceptors (Lipinski definition) is 6. The molecule has 1 saturated heterocycles. The fraction of sp³-hybridized carbons (Fsp3) is 0.556. The summed E-state index contributed by atoms with van der Waals surface area (Å²) in [7, 11) is 3.17. The van der Waals surface area contributed by atoms with Crippen LogP contribution in [0.25, 0.3) is 0 Å². The van der Waals surface area contributed by atoms with Gasteiger partial charge in [-0.25, -0.2) is 0 Å². The molecular formula is C18H26N2O5. The van der Waals surface area contributed by atoms with Gasteiger partial charge in [0.05, 0.1) is 39.0 Å². The smallest absolute Gasteiger partial charge is 0.309 e. The van der Waals surface area contributed by atoms with E-state index in [2.05, 4.69) is 5.32 Å². The summed E-state index contributed by atoms with van der Waals surface area (Å²) in [6.45, 7) is 3.49. The van der Waals surface area contributed by atoms with Gasteiger partial charge in [-0.2, -0.15) is 0 Å². The monoisotopic (exact) mass is 350 g/mol. The first-order valence-corrected chi connectivity index (χ1v) is 8.49. The Labute approximate surface area is 148 Å². The quantitative estimate of drug-likeness (QED) is 0.757. The van der Waals surface area contributed by atoms with Crippen LogP contribution in [0.3, 0.4) is 0 Å². The maximum atomic E-state index is 12.4. The van der Waals surface area contributed by atoms with Crippen LogP contribution in [0.5, 0.6) is 11.5 Å². The molecule has 7 nitrogen and oxygen atoms in total. The highest BCUT2D eigenvalue weighted by Gasteiger charge is 2.28. The lowest BCUT2D eigenvalue weighted by atomic mass is 9.97. The third kappa shape index (κ3) is 5.01. The average Bonchev–Trinajstić information content (AvgIpc) is 2.66. The van der Waals surface area contributed by atoms with Gasteiger partial charge in [-0.15, -0.1) is 0 Å². The van der Waals surface area contributed by atoms with Crippen molar-refractivity contribution < 1.29 is 23.8 Å². The fourth-order valence-corrected chi connectivity index (χ4v) is 2.86. The molecule has 2 rings (SSSR count). The third-order valence-electron chi connectivity index (χ3n) is 4.30. The number of methoxy groups -OCH3 is 2. The molecule has 0 radical (unpaired) electrons. The molecule has 138 valence electrons. The van der Waals surface area contributed by atoms with Gasteiger partial charge in [0.1, 0.15) is 11.5 Å². The van der Waals surface area contributed by atoms with E-state index in [0.717, 1.165) is 0 Å². The first kappa shape index (κ1) is 18.9. The average molecular weight is 350 g/mol. The summed E-state index contributed by atoms with van der Waals surface area (Å²) < 4.78 is 15.5. The lowest BCUT2D eigenvalue weighted by Crippen LogP contribution is -2.43. The van der Waals surface area contributed by atoms with Gasteiger partial charge in [-0.05, 0) is 31.9 Å². The van der Waals surface area contributed by atoms with E-state index in [4.69, 9.17) is 14.2 Å². The van der Waals surface area contributed by atoms with E-state index in [0.29, 0.717) is 49.7 Å². The first-order chi connectivity index (χ1) is 12.1. The van der Waals surface area contributed by atoms with Gasteiger partial charge >= 0.3 is 5.97 Å². The zero-order valence-corrected chi connectivity index (χ0v) is 15.0. The Bertz CT molecular complexity index is 597. The molecule has 1 heterocycles. The first-order valence-electron chi connectivity index (χ1n) is 8.49. The number of carbonyl (C=O) groups excluding carboxylic acids is 2. The number of piperidine rings is 1. The van der Waals surface area contributed by atoms with E-state index in [9.17, 15) is 9.59 Å². The van der Waals surface area contributed by atoms with Crippen molar-refractivity contribution in [1.82, 2.24) is 4.90 Å². The number of rotatable bonds is 7. The van der Waals surface area contributed by atoms with Crippen molar-refractivity contribution in [3.05, 3.63) is 18.2 Å². The molecule has 1 N–H and O–H groups in total. The molecule has 0 spiro atoms. The molecule has 1 fully saturated rings. The topological polar surface area (TPSA) is 77.1 Å². The fourth-order valence-electron chi connectivity index (χ4n) is 2.86. The lowest BCUT2D eigenvalue weighted by molar-refractivity contribution is -0.151. The molecule has 0 aromatic heterocycles. The zero-order chi connectivity index (χ0) is 18.2. The predicted molar refractivity (Wildman–Crippen MR) is 94.0 cm³/mol. The lowest BCUT2D eigenvalue weighted by Gasteiger charge is -2.31. The molecule has 1 amide bonds. The molecule has 25 heavy (non-hydrogen) atoms. The molecule has 1 aliphatic rings. The Kier molecular flexibility index (Phi) is 6.91. The molecule has 0 saturated carbocycles. The van der Waals surface area contributed by atoms with E-state index in [-0.39, 0.29) is 24.3 Å². The van der Waals surface area contributed by atoms with E-state index >= 15 is 0 Å². The number of carbonyl (C=O) groups is 2. The highest BCUT2D eigenvalue weighted by molar-refractivity contribution is 5.82. The highest BCUT2D eigenvalue weighted by Crippen LogP contribution is 2.28. The molecule has 1 aromatic carbocycles. The molecule has 1 aliphatic heterocycles. The van der Waals surface area contributed by atoms with Crippen LogP contribution in [-0.4, -0.2) is 57.2 Å². The molecule has 0 aliphatic carbocycles. The van der Waals surface area contributed by atoms with Crippen molar-refractivity contribution in [2.24, 2.45) is 5.92 Å². The van der Waals surface area contributed by atoms with Crippen LogP contribution in [0, 0.1) is 5.92 Å². The molecule has 0 unspecified atom stereocenters. The van der Waals surface area contributed by atoms with Gasteiger partial charge in [-0.1, -0.05) is 0 Å². The Hall–Kier alpha value is -2.44. The minimum absolute atomic E-state index is 0.00724. The van der Waals surface area contributed by atoms with E-state index in [1.165, 1.54) is 0 Å². The third-order valence-corrected chi connectivity index (χ3v) is 4.30. The maximum absolute atomic E-state index is 12.4. The van der Waals surface area contributed by atoms with Crippen LogP contribution in [-0.2, 0) is 14.3 Å². The van der Waals surface area contributed by atoms with Crippen molar-refractivity contribution in [2.45, 2.75) is 19.8 Å². The van der Waals surface area contributed by atoms with Crippen LogP contribution < -0.4 is 14.8 Å². The number of ether oxygens (including phenoxy) is 3. The van der Waals surface area contributed by atoms with Gasteiger partial charge in [0.2, 0.25) is 5.91 Å². The van der Waals surface area contributed by atoms with Crippen molar-refractivity contribution in [3.63, 3.8) is 0 Å². The van der Waals surface area contributed by atoms with Crippen molar-refractivity contribution in [3.8, 4) is 11.5 Å². The van der Waals surface area contributed by atoms with Gasteiger partial charge in [-0.3, -0.25) is 9.59 Å². The number of nitrogens with zero attached hydrogens (tertiary/aromatic N) is 1. The van der Waals surface area contributed by atoms with Gasteiger partial charge < -0.3 is 24.4 Å². The summed E-state index contributed by atoms with van der Waals surface area (Å²) in [6, 6.07) is 5.38. The van der Waals surface area contributed by atoms with E-state index in [1.807, 2.05) is 0 Å².